The maximum Gasteiger partial charge on any atom is 0.120 e. The largest absolute Gasteiger partial charge is 0.153 e. The van der Waals surface area contributed by atoms with E-state index in [1.54, 1.807) is 11.8 Å². The van der Waals surface area contributed by atoms with Crippen molar-refractivity contribution in [1.82, 2.24) is 0 Å². The number of thioether (sulfide) groups is 1. The zero-order valence-electron chi connectivity index (χ0n) is 4.41. The molecule has 0 amide bonds. The molecule has 0 N–H and O–H groups in total. The highest BCUT2D eigenvalue weighted by atomic mass is 127. The number of nitrogens with zero attached hydrogens (tertiary/aromatic N) is 2. The second-order valence-corrected chi connectivity index (χ2v) is 3.89. The van der Waals surface area contributed by atoms with Gasteiger partial charge in [0.1, 0.15) is 8.97 Å². The highest BCUT2D eigenvalue weighted by Gasteiger charge is 2.26. The minimum absolute atomic E-state index is 0.436. The average Bonchev–Trinajstić information content (AvgIpc) is 2.35. The Bertz CT molecular complexity index is 231. The van der Waals surface area contributed by atoms with E-state index < -0.39 is 0 Å². The van der Waals surface area contributed by atoms with E-state index in [4.69, 9.17) is 0 Å². The fourth-order valence-electron chi connectivity index (χ4n) is 0.767. The molecule has 0 aromatic heterocycles. The van der Waals surface area contributed by atoms with Gasteiger partial charge in [-0.1, -0.05) is 0 Å². The predicted molar refractivity (Wildman–Crippen MR) is 49.4 cm³/mol. The van der Waals surface area contributed by atoms with Crippen LogP contribution in [-0.2, 0) is 0 Å². The summed E-state index contributed by atoms with van der Waals surface area (Å²) < 4.78 is 1.10. The molecule has 0 bridgehead atoms. The van der Waals surface area contributed by atoms with Crippen LogP contribution in [0.1, 0.15) is 0 Å². The van der Waals surface area contributed by atoms with Crippen LogP contribution in [0.2, 0.25) is 0 Å². The molecule has 0 unspecified atom stereocenters. The molecule has 4 heteroatoms. The Hall–Kier alpha value is 0.160. The third kappa shape index (κ3) is 0.843. The summed E-state index contributed by atoms with van der Waals surface area (Å²) in [5, 5.41) is 10.4. The molecule has 0 aliphatic carbocycles. The van der Waals surface area contributed by atoms with E-state index in [0.29, 0.717) is 5.25 Å². The quantitative estimate of drug-likeness (QED) is 0.602. The van der Waals surface area contributed by atoms with Crippen molar-refractivity contribution in [2.45, 2.75) is 5.25 Å². The van der Waals surface area contributed by atoms with Crippen molar-refractivity contribution < 1.29 is 0 Å². The lowest BCUT2D eigenvalue weighted by Gasteiger charge is -1.96. The van der Waals surface area contributed by atoms with Gasteiger partial charge in [-0.15, -0.1) is 16.9 Å². The molecule has 0 aromatic carbocycles. The summed E-state index contributed by atoms with van der Waals surface area (Å²) in [6.07, 6.45) is 2.02. The highest BCUT2D eigenvalue weighted by molar-refractivity contribution is 14.1. The molecule has 2 aliphatic rings. The SMILES string of the molecule is IC1=NN=C2C=CS[C@@H]12. The van der Waals surface area contributed by atoms with E-state index in [1.165, 1.54) is 0 Å². The van der Waals surface area contributed by atoms with Gasteiger partial charge in [0.2, 0.25) is 0 Å². The molecule has 0 radical (unpaired) electrons. The molecule has 1 atom stereocenters. The van der Waals surface area contributed by atoms with Gasteiger partial charge >= 0.3 is 0 Å². The smallest absolute Gasteiger partial charge is 0.120 e. The number of hydrogen-bond donors (Lipinski definition) is 0. The number of hydrogen-bond acceptors (Lipinski definition) is 3. The van der Waals surface area contributed by atoms with Crippen molar-refractivity contribution in [3.05, 3.63) is 11.5 Å². The third-order valence-electron chi connectivity index (χ3n) is 1.20. The fourth-order valence-corrected chi connectivity index (χ4v) is 2.43. The molecule has 46 valence electrons. The first-order valence-corrected chi connectivity index (χ1v) is 4.53. The minimum Gasteiger partial charge on any atom is -0.153 e. The first-order chi connectivity index (χ1) is 4.38. The summed E-state index contributed by atoms with van der Waals surface area (Å²) in [4.78, 5) is 0. The molecule has 2 heterocycles. The average molecular weight is 250 g/mol. The zero-order valence-corrected chi connectivity index (χ0v) is 7.39. The summed E-state index contributed by atoms with van der Waals surface area (Å²) in [6, 6.07) is 0. The van der Waals surface area contributed by atoms with E-state index in [2.05, 4.69) is 38.2 Å². The molecular weight excluding hydrogens is 247 g/mol. The van der Waals surface area contributed by atoms with Gasteiger partial charge in [-0.05, 0) is 34.1 Å². The molecule has 0 saturated heterocycles. The molecule has 0 fully saturated rings. The van der Waals surface area contributed by atoms with E-state index >= 15 is 0 Å². The van der Waals surface area contributed by atoms with Crippen molar-refractivity contribution in [1.29, 1.82) is 0 Å². The number of rotatable bonds is 0. The van der Waals surface area contributed by atoms with Crippen LogP contribution in [0, 0.1) is 0 Å². The summed E-state index contributed by atoms with van der Waals surface area (Å²) >= 11 is 4.00. The molecule has 2 nitrogen and oxygen atoms in total. The number of halogens is 1. The lowest BCUT2D eigenvalue weighted by molar-refractivity contribution is 1.28. The van der Waals surface area contributed by atoms with Gasteiger partial charge in [0.25, 0.3) is 0 Å². The maximum atomic E-state index is 3.97. The Kier molecular flexibility index (Phi) is 1.37. The van der Waals surface area contributed by atoms with Crippen LogP contribution >= 0.6 is 34.4 Å². The zero-order chi connectivity index (χ0) is 6.27. The first kappa shape index (κ1) is 5.91. The molecule has 2 rings (SSSR count). The summed E-state index contributed by atoms with van der Waals surface area (Å²) in [6.45, 7) is 0. The monoisotopic (exact) mass is 250 g/mol. The van der Waals surface area contributed by atoms with Gasteiger partial charge in [-0.3, -0.25) is 0 Å². The Labute approximate surface area is 70.6 Å². The Morgan fingerprint density at radius 1 is 1.56 bits per heavy atom. The Balaban J connectivity index is 2.36. The number of fused-ring (bicyclic) bond motifs is 1. The van der Waals surface area contributed by atoms with E-state index in [-0.39, 0.29) is 0 Å². The first-order valence-electron chi connectivity index (χ1n) is 2.51. The minimum atomic E-state index is 0.436. The van der Waals surface area contributed by atoms with Crippen LogP contribution in [0.4, 0.5) is 0 Å². The van der Waals surface area contributed by atoms with Gasteiger partial charge in [0.15, 0.2) is 0 Å². The molecule has 0 aromatic rings. The van der Waals surface area contributed by atoms with E-state index in [1.807, 2.05) is 6.08 Å². The second-order valence-electron chi connectivity index (χ2n) is 1.77. The van der Waals surface area contributed by atoms with Gasteiger partial charge in [-0.2, -0.15) is 5.10 Å². The standard InChI is InChI=1S/C5H3IN2S/c6-5-4-3(7-8-5)1-2-9-4/h1-2,4H/t4-/m1/s1. The van der Waals surface area contributed by atoms with E-state index in [9.17, 15) is 0 Å². The van der Waals surface area contributed by atoms with Crippen molar-refractivity contribution in [2.24, 2.45) is 10.2 Å². The molecule has 2 aliphatic heterocycles. The van der Waals surface area contributed by atoms with Gasteiger partial charge < -0.3 is 0 Å². The van der Waals surface area contributed by atoms with Crippen LogP contribution < -0.4 is 0 Å². The van der Waals surface area contributed by atoms with Crippen LogP contribution in [0.25, 0.3) is 0 Å². The summed E-state index contributed by atoms with van der Waals surface area (Å²) in [7, 11) is 0. The number of allylic oxidation sites excluding steroid dienone is 1. The summed E-state index contributed by atoms with van der Waals surface area (Å²) in [5.74, 6) is 0. The topological polar surface area (TPSA) is 24.7 Å². The van der Waals surface area contributed by atoms with Crippen molar-refractivity contribution >= 4 is 43.8 Å². The predicted octanol–water partition coefficient (Wildman–Crippen LogP) is 1.82. The third-order valence-corrected chi connectivity index (χ3v) is 3.49. The highest BCUT2D eigenvalue weighted by Crippen LogP contribution is 2.29. The Morgan fingerprint density at radius 2 is 2.44 bits per heavy atom. The van der Waals surface area contributed by atoms with Crippen LogP contribution in [-0.4, -0.2) is 14.7 Å². The molecular formula is C5H3IN2S. The molecule has 9 heavy (non-hydrogen) atoms. The van der Waals surface area contributed by atoms with Crippen molar-refractivity contribution in [2.75, 3.05) is 0 Å². The van der Waals surface area contributed by atoms with E-state index in [0.717, 1.165) is 9.43 Å². The van der Waals surface area contributed by atoms with Crippen LogP contribution in [0.15, 0.2) is 21.7 Å². The Morgan fingerprint density at radius 3 is 3.22 bits per heavy atom. The van der Waals surface area contributed by atoms with Crippen LogP contribution in [0.3, 0.4) is 0 Å². The lowest BCUT2D eigenvalue weighted by atomic mass is 10.3. The van der Waals surface area contributed by atoms with Gasteiger partial charge in [-0.25, -0.2) is 0 Å². The maximum absolute atomic E-state index is 3.97. The molecule has 0 saturated carbocycles. The van der Waals surface area contributed by atoms with Gasteiger partial charge in [0, 0.05) is 0 Å². The van der Waals surface area contributed by atoms with Crippen molar-refractivity contribution in [3.63, 3.8) is 0 Å². The van der Waals surface area contributed by atoms with Crippen LogP contribution in [0.5, 0.6) is 0 Å². The lowest BCUT2D eigenvalue weighted by Crippen LogP contribution is -2.12. The normalized spacial score (nSPS) is 30.1. The second kappa shape index (κ2) is 2.09. The van der Waals surface area contributed by atoms with Crippen molar-refractivity contribution in [3.8, 4) is 0 Å². The van der Waals surface area contributed by atoms with Gasteiger partial charge in [0.05, 0.1) is 5.71 Å². The molecule has 0 spiro atoms. The fraction of sp³-hybridized carbons (Fsp3) is 0.200. The summed E-state index contributed by atoms with van der Waals surface area (Å²) in [5.41, 5.74) is 1.10.